The van der Waals surface area contributed by atoms with Gasteiger partial charge in [-0.1, -0.05) is 83.6 Å². The van der Waals surface area contributed by atoms with Crippen molar-refractivity contribution < 1.29 is 0 Å². The Morgan fingerprint density at radius 1 is 0.926 bits per heavy atom. The topological polar surface area (TPSA) is 0 Å². The highest BCUT2D eigenvalue weighted by molar-refractivity contribution is 5.26. The van der Waals surface area contributed by atoms with Gasteiger partial charge in [-0.25, -0.2) is 0 Å². The lowest BCUT2D eigenvalue weighted by Gasteiger charge is -2.44. The molecule has 0 bridgehead atoms. The summed E-state index contributed by atoms with van der Waals surface area (Å²) in [7, 11) is 0. The van der Waals surface area contributed by atoms with E-state index in [0.29, 0.717) is 5.41 Å². The zero-order valence-corrected chi connectivity index (χ0v) is 19.0. The Labute approximate surface area is 170 Å². The van der Waals surface area contributed by atoms with Gasteiger partial charge in [0, 0.05) is 0 Å². The third-order valence-corrected chi connectivity index (χ3v) is 8.66. The summed E-state index contributed by atoms with van der Waals surface area (Å²) < 4.78 is 0. The Kier molecular flexibility index (Phi) is 7.32. The maximum absolute atomic E-state index is 2.66. The van der Waals surface area contributed by atoms with Gasteiger partial charge in [-0.15, -0.1) is 0 Å². The van der Waals surface area contributed by atoms with Crippen molar-refractivity contribution in [2.75, 3.05) is 0 Å². The molecule has 3 aliphatic carbocycles. The molecule has 3 fully saturated rings. The molecule has 0 aromatic rings. The van der Waals surface area contributed by atoms with Crippen LogP contribution in [0.3, 0.4) is 0 Å². The van der Waals surface area contributed by atoms with Crippen LogP contribution >= 0.6 is 0 Å². The van der Waals surface area contributed by atoms with Gasteiger partial charge in [0.1, 0.15) is 0 Å². The average Bonchev–Trinajstić information content (AvgIpc) is 2.98. The summed E-state index contributed by atoms with van der Waals surface area (Å²) in [6.45, 7) is 12.4. The molecule has 0 saturated heterocycles. The number of hydrogen-bond donors (Lipinski definition) is 0. The van der Waals surface area contributed by atoms with Crippen molar-refractivity contribution in [2.24, 2.45) is 35.0 Å². The van der Waals surface area contributed by atoms with E-state index >= 15 is 0 Å². The second-order valence-electron chi connectivity index (χ2n) is 11.0. The highest BCUT2D eigenvalue weighted by Gasteiger charge is 2.50. The third kappa shape index (κ3) is 4.91. The molecular formula is C27H46. The lowest BCUT2D eigenvalue weighted by Crippen LogP contribution is -2.36. The van der Waals surface area contributed by atoms with Crippen molar-refractivity contribution in [3.63, 3.8) is 0 Å². The predicted octanol–water partition coefficient (Wildman–Crippen LogP) is 8.73. The van der Waals surface area contributed by atoms with Gasteiger partial charge in [-0.2, -0.15) is 0 Å². The van der Waals surface area contributed by atoms with Gasteiger partial charge in [0.15, 0.2) is 0 Å². The summed E-state index contributed by atoms with van der Waals surface area (Å²) in [4.78, 5) is 0. The maximum atomic E-state index is 2.66. The molecule has 0 aromatic heterocycles. The monoisotopic (exact) mass is 370 g/mol. The Morgan fingerprint density at radius 2 is 1.67 bits per heavy atom. The van der Waals surface area contributed by atoms with Crippen LogP contribution in [0.5, 0.6) is 0 Å². The zero-order chi connectivity index (χ0) is 19.4. The first-order valence-corrected chi connectivity index (χ1v) is 12.3. The predicted molar refractivity (Wildman–Crippen MR) is 120 cm³/mol. The molecule has 3 aliphatic rings. The van der Waals surface area contributed by atoms with E-state index in [1.54, 1.807) is 5.57 Å². The number of rotatable bonds is 6. The molecule has 27 heavy (non-hydrogen) atoms. The van der Waals surface area contributed by atoms with E-state index in [1.165, 1.54) is 77.0 Å². The summed E-state index contributed by atoms with van der Waals surface area (Å²) in [6, 6.07) is 0. The van der Waals surface area contributed by atoms with Crippen molar-refractivity contribution in [1.29, 1.82) is 0 Å². The molecule has 0 spiro atoms. The molecule has 0 radical (unpaired) electrons. The maximum Gasteiger partial charge on any atom is -0.0143 e. The second-order valence-corrected chi connectivity index (χ2v) is 11.0. The Bertz CT molecular complexity index is 536. The molecule has 3 saturated carbocycles. The minimum absolute atomic E-state index is 0.581. The molecule has 0 N–H and O–H groups in total. The van der Waals surface area contributed by atoms with Crippen molar-refractivity contribution >= 4 is 0 Å². The van der Waals surface area contributed by atoms with Crippen LogP contribution in [0, 0.1) is 35.0 Å². The van der Waals surface area contributed by atoms with Gasteiger partial charge in [0.2, 0.25) is 0 Å². The summed E-state index contributed by atoms with van der Waals surface area (Å²) in [6.07, 6.45) is 22.3. The minimum Gasteiger partial charge on any atom is -0.0674 e. The molecule has 0 amide bonds. The summed E-state index contributed by atoms with van der Waals surface area (Å²) >= 11 is 0. The van der Waals surface area contributed by atoms with Gasteiger partial charge in [-0.3, -0.25) is 0 Å². The standard InChI is InChI=1S/C27H46/c1-20(2)10-8-12-22(4)25-17-18-26-24(14-9-19-27(25,26)5)16-15-23-13-7-6-11-21(23)3/h15-16,20-22,25-26H,6-14,17-19H2,1-5H3/b23-15+,24-16+/t21-,22+,25+,26-,27+/m0/s1. The molecule has 0 heteroatoms. The van der Waals surface area contributed by atoms with Crippen LogP contribution in [-0.4, -0.2) is 0 Å². The molecule has 0 aromatic carbocycles. The van der Waals surface area contributed by atoms with Gasteiger partial charge in [-0.05, 0) is 86.4 Å². The smallest absolute Gasteiger partial charge is 0.0143 e. The van der Waals surface area contributed by atoms with Crippen LogP contribution in [-0.2, 0) is 0 Å². The zero-order valence-electron chi connectivity index (χ0n) is 19.0. The molecular weight excluding hydrogens is 324 g/mol. The van der Waals surface area contributed by atoms with Crippen molar-refractivity contribution in [1.82, 2.24) is 0 Å². The Balaban J connectivity index is 1.68. The third-order valence-electron chi connectivity index (χ3n) is 8.66. The van der Waals surface area contributed by atoms with Crippen molar-refractivity contribution in [2.45, 2.75) is 112 Å². The number of allylic oxidation sites excluding steroid dienone is 4. The lowest BCUT2D eigenvalue weighted by atomic mass is 9.60. The van der Waals surface area contributed by atoms with Gasteiger partial charge in [0.05, 0.1) is 0 Å². The first kappa shape index (κ1) is 21.2. The largest absolute Gasteiger partial charge is 0.0674 e. The van der Waals surface area contributed by atoms with E-state index in [9.17, 15) is 0 Å². The van der Waals surface area contributed by atoms with Crippen LogP contribution in [0.1, 0.15) is 112 Å². The fourth-order valence-electron chi connectivity index (χ4n) is 6.94. The second kappa shape index (κ2) is 9.32. The van der Waals surface area contributed by atoms with Gasteiger partial charge < -0.3 is 0 Å². The summed E-state index contributed by atoms with van der Waals surface area (Å²) in [5, 5.41) is 0. The van der Waals surface area contributed by atoms with Crippen molar-refractivity contribution in [3.05, 3.63) is 23.3 Å². The Hall–Kier alpha value is -0.520. The first-order chi connectivity index (χ1) is 12.9. The van der Waals surface area contributed by atoms with Crippen LogP contribution in [0.2, 0.25) is 0 Å². The normalized spacial score (nSPS) is 38.5. The first-order valence-electron chi connectivity index (χ1n) is 12.3. The molecule has 0 heterocycles. The SMILES string of the molecule is CC(C)CCC[C@@H](C)[C@H]1CC[C@H]2/C(=C/C=C3\CCCC[C@@H]3C)CCC[C@]12C. The van der Waals surface area contributed by atoms with E-state index in [-0.39, 0.29) is 0 Å². The average molecular weight is 371 g/mol. The van der Waals surface area contributed by atoms with E-state index in [4.69, 9.17) is 0 Å². The Morgan fingerprint density at radius 3 is 2.41 bits per heavy atom. The molecule has 0 aliphatic heterocycles. The highest BCUT2D eigenvalue weighted by atomic mass is 14.5. The highest BCUT2D eigenvalue weighted by Crippen LogP contribution is 2.59. The van der Waals surface area contributed by atoms with E-state index in [1.807, 2.05) is 5.57 Å². The summed E-state index contributed by atoms with van der Waals surface area (Å²) in [5.41, 5.74) is 4.13. The molecule has 0 unspecified atom stereocenters. The van der Waals surface area contributed by atoms with E-state index < -0.39 is 0 Å². The van der Waals surface area contributed by atoms with Crippen LogP contribution < -0.4 is 0 Å². The van der Waals surface area contributed by atoms with E-state index in [0.717, 1.165) is 29.6 Å². The van der Waals surface area contributed by atoms with Crippen LogP contribution in [0.4, 0.5) is 0 Å². The molecule has 0 nitrogen and oxygen atoms in total. The molecule has 5 atom stereocenters. The fraction of sp³-hybridized carbons (Fsp3) is 0.852. The van der Waals surface area contributed by atoms with Crippen molar-refractivity contribution in [3.8, 4) is 0 Å². The summed E-state index contributed by atoms with van der Waals surface area (Å²) in [5.74, 6) is 4.43. The van der Waals surface area contributed by atoms with Gasteiger partial charge >= 0.3 is 0 Å². The van der Waals surface area contributed by atoms with E-state index in [2.05, 4.69) is 46.8 Å². The molecule has 3 rings (SSSR count). The number of fused-ring (bicyclic) bond motifs is 1. The molecule has 154 valence electrons. The van der Waals surface area contributed by atoms with Gasteiger partial charge in [0.25, 0.3) is 0 Å². The number of hydrogen-bond acceptors (Lipinski definition) is 0. The lowest BCUT2D eigenvalue weighted by molar-refractivity contribution is 0.0929. The quantitative estimate of drug-likeness (QED) is 0.438. The minimum atomic E-state index is 0.581. The van der Waals surface area contributed by atoms with Crippen LogP contribution in [0.25, 0.3) is 0 Å². The van der Waals surface area contributed by atoms with Crippen LogP contribution in [0.15, 0.2) is 23.3 Å². The fourth-order valence-corrected chi connectivity index (χ4v) is 6.94.